The van der Waals surface area contributed by atoms with E-state index in [9.17, 15) is 14.3 Å². The van der Waals surface area contributed by atoms with Crippen LogP contribution >= 0.6 is 0 Å². The minimum Gasteiger partial charge on any atom is -0.478 e. The Hall–Kier alpha value is -2.14. The second-order valence-electron chi connectivity index (χ2n) is 4.16. The number of hydrogen-bond acceptors (Lipinski definition) is 3. The molecule has 0 aliphatic rings. The van der Waals surface area contributed by atoms with Crippen LogP contribution in [0.25, 0.3) is 0 Å². The molecule has 19 heavy (non-hydrogen) atoms. The molecule has 0 spiro atoms. The summed E-state index contributed by atoms with van der Waals surface area (Å²) in [5.74, 6) is -2.00. The van der Waals surface area contributed by atoms with E-state index in [0.717, 1.165) is 0 Å². The molecule has 0 fully saturated rings. The smallest absolute Gasteiger partial charge is 0.339 e. The minimum atomic E-state index is -1.80. The number of carboxylic acids is 1. The van der Waals surface area contributed by atoms with Gasteiger partial charge in [-0.2, -0.15) is 0 Å². The summed E-state index contributed by atoms with van der Waals surface area (Å²) in [6, 6.07) is 6.92. The maximum absolute atomic E-state index is 13.8. The highest BCUT2D eigenvalue weighted by atomic mass is 19.1. The van der Waals surface area contributed by atoms with Crippen LogP contribution in [0, 0.1) is 5.82 Å². The van der Waals surface area contributed by atoms with Crippen LogP contribution in [0.5, 0.6) is 0 Å². The molecule has 1 aromatic carbocycles. The standard InChI is InChI=1S/C14H13FO4/c1-2-14(18,10-5-3-4-6-11(10)15)12-9(13(16)17)7-8-19-12/h3-8,18H,2H2,1H3,(H,16,17). The fourth-order valence-electron chi connectivity index (χ4n) is 2.07. The second-order valence-corrected chi connectivity index (χ2v) is 4.16. The molecule has 2 rings (SSSR count). The third-order valence-corrected chi connectivity index (χ3v) is 3.10. The first kappa shape index (κ1) is 13.3. The molecule has 2 N–H and O–H groups in total. The Morgan fingerprint density at radius 1 is 1.37 bits per heavy atom. The van der Waals surface area contributed by atoms with Gasteiger partial charge in [-0.25, -0.2) is 9.18 Å². The van der Waals surface area contributed by atoms with Gasteiger partial charge < -0.3 is 14.6 Å². The lowest BCUT2D eigenvalue weighted by Crippen LogP contribution is -2.29. The average molecular weight is 264 g/mol. The zero-order valence-electron chi connectivity index (χ0n) is 10.3. The van der Waals surface area contributed by atoms with E-state index >= 15 is 0 Å². The topological polar surface area (TPSA) is 70.7 Å². The van der Waals surface area contributed by atoms with Crippen molar-refractivity contribution in [1.29, 1.82) is 0 Å². The number of aromatic carboxylic acids is 1. The summed E-state index contributed by atoms with van der Waals surface area (Å²) in [7, 11) is 0. The molecule has 1 aromatic heterocycles. The lowest BCUT2D eigenvalue weighted by molar-refractivity contribution is 0.0443. The lowest BCUT2D eigenvalue weighted by Gasteiger charge is -2.26. The van der Waals surface area contributed by atoms with Gasteiger partial charge in [0.15, 0.2) is 11.4 Å². The van der Waals surface area contributed by atoms with Gasteiger partial charge in [-0.1, -0.05) is 25.1 Å². The number of hydrogen-bond donors (Lipinski definition) is 2. The zero-order chi connectivity index (χ0) is 14.0. The molecule has 1 unspecified atom stereocenters. The summed E-state index contributed by atoms with van der Waals surface area (Å²) in [6.07, 6.45) is 1.25. The first-order chi connectivity index (χ1) is 9.00. The molecular weight excluding hydrogens is 251 g/mol. The van der Waals surface area contributed by atoms with E-state index in [0.29, 0.717) is 0 Å². The maximum atomic E-state index is 13.8. The van der Waals surface area contributed by atoms with E-state index in [-0.39, 0.29) is 23.3 Å². The number of carboxylic acid groups (broad SMARTS) is 1. The molecule has 5 heteroatoms. The third-order valence-electron chi connectivity index (χ3n) is 3.10. The summed E-state index contributed by atoms with van der Waals surface area (Å²) in [5, 5.41) is 19.7. The number of halogens is 1. The summed E-state index contributed by atoms with van der Waals surface area (Å²) in [6.45, 7) is 1.63. The van der Waals surface area contributed by atoms with Gasteiger partial charge in [-0.05, 0) is 18.6 Å². The zero-order valence-corrected chi connectivity index (χ0v) is 10.3. The van der Waals surface area contributed by atoms with Crippen molar-refractivity contribution >= 4 is 5.97 Å². The second kappa shape index (κ2) is 4.85. The van der Waals surface area contributed by atoms with Crippen LogP contribution in [0.15, 0.2) is 41.0 Å². The molecule has 4 nitrogen and oxygen atoms in total. The van der Waals surface area contributed by atoms with E-state index in [4.69, 9.17) is 9.52 Å². The van der Waals surface area contributed by atoms with Gasteiger partial charge in [0, 0.05) is 5.56 Å². The number of carbonyl (C=O) groups is 1. The normalized spacial score (nSPS) is 14.1. The fourth-order valence-corrected chi connectivity index (χ4v) is 2.07. The minimum absolute atomic E-state index is 0.00468. The van der Waals surface area contributed by atoms with Crippen LogP contribution < -0.4 is 0 Å². The molecule has 0 aliphatic heterocycles. The first-order valence-corrected chi connectivity index (χ1v) is 5.79. The summed E-state index contributed by atoms with van der Waals surface area (Å²) in [5.41, 5.74) is -1.98. The van der Waals surface area contributed by atoms with E-state index in [1.54, 1.807) is 13.0 Å². The Morgan fingerprint density at radius 3 is 2.63 bits per heavy atom. The lowest BCUT2D eigenvalue weighted by atomic mass is 9.86. The van der Waals surface area contributed by atoms with Crippen LogP contribution in [0.1, 0.15) is 35.0 Å². The monoisotopic (exact) mass is 264 g/mol. The Kier molecular flexibility index (Phi) is 3.40. The van der Waals surface area contributed by atoms with Crippen molar-refractivity contribution in [3.8, 4) is 0 Å². The number of benzene rings is 1. The first-order valence-electron chi connectivity index (χ1n) is 5.79. The predicted octanol–water partition coefficient (Wildman–Crippen LogP) is 2.76. The Morgan fingerprint density at radius 2 is 2.05 bits per heavy atom. The van der Waals surface area contributed by atoms with Crippen molar-refractivity contribution in [2.45, 2.75) is 18.9 Å². The highest BCUT2D eigenvalue weighted by Crippen LogP contribution is 2.36. The van der Waals surface area contributed by atoms with Gasteiger partial charge in [-0.15, -0.1) is 0 Å². The maximum Gasteiger partial charge on any atom is 0.339 e. The van der Waals surface area contributed by atoms with E-state index in [2.05, 4.69) is 0 Å². The number of furan rings is 1. The van der Waals surface area contributed by atoms with Crippen molar-refractivity contribution in [1.82, 2.24) is 0 Å². The number of rotatable bonds is 4. The third kappa shape index (κ3) is 2.13. The van der Waals surface area contributed by atoms with E-state index in [1.807, 2.05) is 0 Å². The SMILES string of the molecule is CCC(O)(c1ccccc1F)c1occc1C(=O)O. The highest BCUT2D eigenvalue weighted by molar-refractivity contribution is 5.89. The van der Waals surface area contributed by atoms with Crippen LogP contribution in [0.2, 0.25) is 0 Å². The highest BCUT2D eigenvalue weighted by Gasteiger charge is 2.38. The fraction of sp³-hybridized carbons (Fsp3) is 0.214. The molecule has 0 aliphatic carbocycles. The number of aliphatic hydroxyl groups is 1. The van der Waals surface area contributed by atoms with Gasteiger partial charge >= 0.3 is 5.97 Å². The van der Waals surface area contributed by atoms with E-state index < -0.39 is 17.4 Å². The van der Waals surface area contributed by atoms with Gasteiger partial charge in [0.05, 0.1) is 6.26 Å². The molecule has 1 atom stereocenters. The van der Waals surface area contributed by atoms with Gasteiger partial charge in [0.25, 0.3) is 0 Å². The molecule has 0 saturated carbocycles. The molecule has 0 bridgehead atoms. The average Bonchev–Trinajstić information content (AvgIpc) is 2.88. The molecule has 100 valence electrons. The van der Waals surface area contributed by atoms with Crippen LogP contribution in [0.3, 0.4) is 0 Å². The van der Waals surface area contributed by atoms with Gasteiger partial charge in [0.1, 0.15) is 11.4 Å². The van der Waals surface area contributed by atoms with Crippen LogP contribution in [-0.2, 0) is 5.60 Å². The van der Waals surface area contributed by atoms with Crippen molar-refractivity contribution in [2.75, 3.05) is 0 Å². The molecule has 2 aromatic rings. The Balaban J connectivity index is 2.64. The Bertz CT molecular complexity index is 605. The summed E-state index contributed by atoms with van der Waals surface area (Å²) in [4.78, 5) is 11.1. The van der Waals surface area contributed by atoms with Crippen molar-refractivity contribution in [2.24, 2.45) is 0 Å². The summed E-state index contributed by atoms with van der Waals surface area (Å²) < 4.78 is 18.9. The van der Waals surface area contributed by atoms with Gasteiger partial charge in [0.2, 0.25) is 0 Å². The van der Waals surface area contributed by atoms with Crippen LogP contribution in [-0.4, -0.2) is 16.2 Å². The summed E-state index contributed by atoms with van der Waals surface area (Å²) >= 11 is 0. The van der Waals surface area contributed by atoms with Crippen LogP contribution in [0.4, 0.5) is 4.39 Å². The largest absolute Gasteiger partial charge is 0.478 e. The van der Waals surface area contributed by atoms with Crippen molar-refractivity contribution in [3.63, 3.8) is 0 Å². The molecule has 1 heterocycles. The molecule has 0 amide bonds. The van der Waals surface area contributed by atoms with Crippen molar-refractivity contribution < 1.29 is 23.8 Å². The van der Waals surface area contributed by atoms with Crippen molar-refractivity contribution in [3.05, 3.63) is 59.3 Å². The Labute approximate surface area is 109 Å². The van der Waals surface area contributed by atoms with E-state index in [1.165, 1.54) is 30.5 Å². The molecule has 0 radical (unpaired) electrons. The van der Waals surface area contributed by atoms with Gasteiger partial charge in [-0.3, -0.25) is 0 Å². The molecule has 0 saturated heterocycles. The quantitative estimate of drug-likeness (QED) is 0.890. The predicted molar refractivity (Wildman–Crippen MR) is 65.4 cm³/mol. The molecular formula is C14H13FO4.